The fraction of sp³-hybridized carbons (Fsp3) is 0.107. The molecule has 3 heteroatoms. The van der Waals surface area contributed by atoms with Crippen molar-refractivity contribution in [2.24, 2.45) is 0 Å². The van der Waals surface area contributed by atoms with Gasteiger partial charge in [-0.3, -0.25) is 0 Å². The Labute approximate surface area is 188 Å². The minimum atomic E-state index is -0.775. The van der Waals surface area contributed by atoms with Crippen molar-refractivity contribution in [1.29, 1.82) is 0 Å². The van der Waals surface area contributed by atoms with Gasteiger partial charge < -0.3 is 4.74 Å². The SMILES string of the molecule is C=CCOC(=O)C1=CC=C(Cl)C(c2ccccc2)(c2ccccc2)C1c1ccccc1. The third-order valence-corrected chi connectivity index (χ3v) is 6.11. The Morgan fingerprint density at radius 3 is 1.90 bits per heavy atom. The first-order valence-electron chi connectivity index (χ1n) is 10.2. The zero-order valence-corrected chi connectivity index (χ0v) is 17.8. The Kier molecular flexibility index (Phi) is 6.20. The van der Waals surface area contributed by atoms with Gasteiger partial charge in [0, 0.05) is 16.5 Å². The van der Waals surface area contributed by atoms with Crippen LogP contribution in [0, 0.1) is 0 Å². The highest BCUT2D eigenvalue weighted by Crippen LogP contribution is 2.56. The van der Waals surface area contributed by atoms with Crippen molar-refractivity contribution in [2.75, 3.05) is 6.61 Å². The number of esters is 1. The number of ether oxygens (including phenoxy) is 1. The van der Waals surface area contributed by atoms with E-state index in [1.807, 2.05) is 72.8 Å². The van der Waals surface area contributed by atoms with Crippen molar-refractivity contribution in [3.8, 4) is 0 Å². The summed E-state index contributed by atoms with van der Waals surface area (Å²) in [5.74, 6) is -0.737. The largest absolute Gasteiger partial charge is 0.458 e. The third-order valence-electron chi connectivity index (χ3n) is 5.69. The first-order chi connectivity index (χ1) is 15.2. The van der Waals surface area contributed by atoms with E-state index in [9.17, 15) is 4.79 Å². The second-order valence-electron chi connectivity index (χ2n) is 7.41. The molecule has 4 rings (SSSR count). The molecule has 0 N–H and O–H groups in total. The Morgan fingerprint density at radius 1 is 0.871 bits per heavy atom. The number of allylic oxidation sites excluding steroid dienone is 3. The number of halogens is 1. The van der Waals surface area contributed by atoms with Gasteiger partial charge in [0.1, 0.15) is 6.61 Å². The predicted octanol–water partition coefficient (Wildman–Crippen LogP) is 6.55. The van der Waals surface area contributed by atoms with Crippen molar-refractivity contribution in [2.45, 2.75) is 11.3 Å². The van der Waals surface area contributed by atoms with E-state index in [2.05, 4.69) is 30.8 Å². The van der Waals surface area contributed by atoms with Gasteiger partial charge in [0.15, 0.2) is 0 Å². The quantitative estimate of drug-likeness (QED) is 0.330. The highest BCUT2D eigenvalue weighted by atomic mass is 35.5. The zero-order valence-electron chi connectivity index (χ0n) is 17.1. The average Bonchev–Trinajstić information content (AvgIpc) is 2.84. The summed E-state index contributed by atoms with van der Waals surface area (Å²) in [6, 6.07) is 30.2. The molecule has 0 bridgehead atoms. The topological polar surface area (TPSA) is 26.3 Å². The summed E-state index contributed by atoms with van der Waals surface area (Å²) >= 11 is 7.08. The van der Waals surface area contributed by atoms with Crippen LogP contribution in [-0.4, -0.2) is 12.6 Å². The molecule has 0 aliphatic heterocycles. The lowest BCUT2D eigenvalue weighted by molar-refractivity contribution is -0.138. The molecular formula is C28H23ClO2. The number of carbonyl (C=O) groups is 1. The summed E-state index contributed by atoms with van der Waals surface area (Å²) in [5, 5.41) is 0.652. The Hall–Kier alpha value is -3.36. The summed E-state index contributed by atoms with van der Waals surface area (Å²) in [4.78, 5) is 13.2. The van der Waals surface area contributed by atoms with Gasteiger partial charge in [0.05, 0.1) is 5.41 Å². The number of hydrogen-bond donors (Lipinski definition) is 0. The van der Waals surface area contributed by atoms with Crippen molar-refractivity contribution < 1.29 is 9.53 Å². The standard InChI is InChI=1S/C28H23ClO2/c1-2-20-31-27(30)24-18-19-25(29)28(22-14-8-4-9-15-22,23-16-10-5-11-17-23)26(24)21-12-6-3-7-13-21/h2-19,26H,1,20H2. The lowest BCUT2D eigenvalue weighted by Crippen LogP contribution is -2.40. The lowest BCUT2D eigenvalue weighted by Gasteiger charge is -2.44. The molecule has 0 saturated carbocycles. The Balaban J connectivity index is 2.04. The second-order valence-corrected chi connectivity index (χ2v) is 7.81. The normalized spacial score (nSPS) is 17.3. The maximum atomic E-state index is 13.2. The predicted molar refractivity (Wildman–Crippen MR) is 126 cm³/mol. The van der Waals surface area contributed by atoms with E-state index in [0.717, 1.165) is 16.7 Å². The third kappa shape index (κ3) is 3.75. The summed E-state index contributed by atoms with van der Waals surface area (Å²) in [6.45, 7) is 3.81. The van der Waals surface area contributed by atoms with E-state index in [0.29, 0.717) is 10.6 Å². The van der Waals surface area contributed by atoms with Gasteiger partial charge in [-0.15, -0.1) is 0 Å². The maximum Gasteiger partial charge on any atom is 0.335 e. The molecule has 2 nitrogen and oxygen atoms in total. The molecule has 0 amide bonds. The van der Waals surface area contributed by atoms with Gasteiger partial charge >= 0.3 is 5.97 Å². The second kappa shape index (κ2) is 9.20. The summed E-state index contributed by atoms with van der Waals surface area (Å²) < 4.78 is 5.49. The summed E-state index contributed by atoms with van der Waals surface area (Å²) in [5.41, 5.74) is 2.80. The molecule has 3 aromatic carbocycles. The highest BCUT2D eigenvalue weighted by Gasteiger charge is 2.50. The van der Waals surface area contributed by atoms with Crippen LogP contribution in [0.3, 0.4) is 0 Å². The molecule has 0 saturated heterocycles. The number of carbonyl (C=O) groups excluding carboxylic acids is 1. The number of benzene rings is 3. The van der Waals surface area contributed by atoms with Crippen molar-refractivity contribution in [3.63, 3.8) is 0 Å². The van der Waals surface area contributed by atoms with E-state index in [1.165, 1.54) is 0 Å². The highest BCUT2D eigenvalue weighted by molar-refractivity contribution is 6.32. The van der Waals surface area contributed by atoms with Crippen LogP contribution in [-0.2, 0) is 14.9 Å². The molecule has 3 aromatic rings. The molecule has 1 aliphatic carbocycles. The smallest absolute Gasteiger partial charge is 0.335 e. The van der Waals surface area contributed by atoms with Crippen LogP contribution in [0.5, 0.6) is 0 Å². The Morgan fingerprint density at radius 2 is 1.39 bits per heavy atom. The first-order valence-corrected chi connectivity index (χ1v) is 10.6. The summed E-state index contributed by atoms with van der Waals surface area (Å²) in [6.07, 6.45) is 5.18. The van der Waals surface area contributed by atoms with Gasteiger partial charge in [0.2, 0.25) is 0 Å². The molecule has 31 heavy (non-hydrogen) atoms. The van der Waals surface area contributed by atoms with Gasteiger partial charge in [0.25, 0.3) is 0 Å². The van der Waals surface area contributed by atoms with Crippen molar-refractivity contribution >= 4 is 17.6 Å². The van der Waals surface area contributed by atoms with E-state index in [4.69, 9.17) is 16.3 Å². The molecule has 0 heterocycles. The molecule has 0 aromatic heterocycles. The van der Waals surface area contributed by atoms with Gasteiger partial charge in [-0.05, 0) is 28.8 Å². The lowest BCUT2D eigenvalue weighted by atomic mass is 9.59. The van der Waals surface area contributed by atoms with Crippen LogP contribution in [0.1, 0.15) is 22.6 Å². The molecule has 1 atom stereocenters. The Bertz CT molecular complexity index is 1080. The fourth-order valence-corrected chi connectivity index (χ4v) is 4.81. The molecule has 154 valence electrons. The van der Waals surface area contributed by atoms with Gasteiger partial charge in [-0.2, -0.15) is 0 Å². The van der Waals surface area contributed by atoms with Crippen LogP contribution >= 0.6 is 11.6 Å². The number of rotatable bonds is 6. The van der Waals surface area contributed by atoms with Crippen LogP contribution in [0.15, 0.2) is 126 Å². The van der Waals surface area contributed by atoms with E-state index in [-0.39, 0.29) is 18.5 Å². The minimum Gasteiger partial charge on any atom is -0.458 e. The molecule has 1 unspecified atom stereocenters. The summed E-state index contributed by atoms with van der Waals surface area (Å²) in [7, 11) is 0. The molecule has 0 radical (unpaired) electrons. The van der Waals surface area contributed by atoms with Crippen LogP contribution in [0.25, 0.3) is 0 Å². The van der Waals surface area contributed by atoms with E-state index >= 15 is 0 Å². The van der Waals surface area contributed by atoms with E-state index in [1.54, 1.807) is 12.2 Å². The van der Waals surface area contributed by atoms with Crippen molar-refractivity contribution in [3.05, 3.63) is 143 Å². The van der Waals surface area contributed by atoms with Gasteiger partial charge in [-0.1, -0.05) is 115 Å². The van der Waals surface area contributed by atoms with Crippen LogP contribution in [0.4, 0.5) is 0 Å². The minimum absolute atomic E-state index is 0.152. The molecule has 1 aliphatic rings. The molecule has 0 spiro atoms. The van der Waals surface area contributed by atoms with Crippen molar-refractivity contribution in [1.82, 2.24) is 0 Å². The van der Waals surface area contributed by atoms with Crippen LogP contribution in [0.2, 0.25) is 0 Å². The average molecular weight is 427 g/mol. The monoisotopic (exact) mass is 426 g/mol. The van der Waals surface area contributed by atoms with Gasteiger partial charge in [-0.25, -0.2) is 4.79 Å². The zero-order chi connectivity index (χ0) is 21.7. The van der Waals surface area contributed by atoms with E-state index < -0.39 is 5.41 Å². The fourth-order valence-electron chi connectivity index (χ4n) is 4.42. The van der Waals surface area contributed by atoms with Crippen LogP contribution < -0.4 is 0 Å². The first kappa shape index (κ1) is 20.9. The number of hydrogen-bond acceptors (Lipinski definition) is 2. The molecule has 0 fully saturated rings. The molecular weight excluding hydrogens is 404 g/mol. The maximum absolute atomic E-state index is 13.2.